The van der Waals surface area contributed by atoms with Crippen LogP contribution in [0.3, 0.4) is 0 Å². The van der Waals surface area contributed by atoms with Crippen LogP contribution in [0, 0.1) is 11.6 Å². The zero-order chi connectivity index (χ0) is 11.6. The number of halogens is 3. The topological polar surface area (TPSA) is 37.3 Å². The highest BCUT2D eigenvalue weighted by Crippen LogP contribution is 2.30. The fourth-order valence-electron chi connectivity index (χ4n) is 1.29. The second-order valence-electron chi connectivity index (χ2n) is 3.26. The maximum Gasteiger partial charge on any atom is 0.303 e. The van der Waals surface area contributed by atoms with Crippen LogP contribution in [0.4, 0.5) is 8.78 Å². The summed E-state index contributed by atoms with van der Waals surface area (Å²) < 4.78 is 25.7. The van der Waals surface area contributed by atoms with Crippen molar-refractivity contribution >= 4 is 17.6 Å². The Morgan fingerprint density at radius 3 is 2.67 bits per heavy atom. The van der Waals surface area contributed by atoms with Gasteiger partial charge in [-0.2, -0.15) is 0 Å². The molecule has 0 radical (unpaired) electrons. The van der Waals surface area contributed by atoms with Gasteiger partial charge in [0, 0.05) is 0 Å². The summed E-state index contributed by atoms with van der Waals surface area (Å²) in [5, 5.41) is 8.21. The molecular formula is C10H9ClF2O2. The normalized spacial score (nSPS) is 12.5. The lowest BCUT2D eigenvalue weighted by Gasteiger charge is -2.11. The fraction of sp³-hybridized carbons (Fsp3) is 0.300. The SMILES string of the molecule is CC(CC(=O)O)c1ccc(F)c(F)c1Cl. The molecule has 1 unspecified atom stereocenters. The van der Waals surface area contributed by atoms with Crippen molar-refractivity contribution in [2.75, 3.05) is 0 Å². The second-order valence-corrected chi connectivity index (χ2v) is 3.64. The van der Waals surface area contributed by atoms with Crippen molar-refractivity contribution in [3.8, 4) is 0 Å². The van der Waals surface area contributed by atoms with Crippen LogP contribution in [0.25, 0.3) is 0 Å². The van der Waals surface area contributed by atoms with Crippen molar-refractivity contribution in [1.29, 1.82) is 0 Å². The van der Waals surface area contributed by atoms with E-state index in [-0.39, 0.29) is 11.4 Å². The fourth-order valence-corrected chi connectivity index (χ4v) is 1.63. The third kappa shape index (κ3) is 2.65. The quantitative estimate of drug-likeness (QED) is 0.816. The highest BCUT2D eigenvalue weighted by atomic mass is 35.5. The van der Waals surface area contributed by atoms with Crippen molar-refractivity contribution in [3.63, 3.8) is 0 Å². The number of carboxylic acid groups (broad SMARTS) is 1. The first-order valence-electron chi connectivity index (χ1n) is 4.28. The van der Waals surface area contributed by atoms with E-state index in [2.05, 4.69) is 0 Å². The predicted molar refractivity (Wildman–Crippen MR) is 52.0 cm³/mol. The lowest BCUT2D eigenvalue weighted by atomic mass is 9.97. The zero-order valence-electron chi connectivity index (χ0n) is 7.93. The van der Waals surface area contributed by atoms with Crippen LogP contribution >= 0.6 is 11.6 Å². The van der Waals surface area contributed by atoms with Gasteiger partial charge in [0.05, 0.1) is 11.4 Å². The maximum atomic E-state index is 13.0. The van der Waals surface area contributed by atoms with Crippen LogP contribution in [0.2, 0.25) is 5.02 Å². The molecule has 15 heavy (non-hydrogen) atoms. The molecule has 1 rings (SSSR count). The summed E-state index contributed by atoms with van der Waals surface area (Å²) in [6, 6.07) is 2.24. The number of carboxylic acids is 1. The zero-order valence-corrected chi connectivity index (χ0v) is 8.68. The van der Waals surface area contributed by atoms with E-state index < -0.39 is 23.5 Å². The standard InChI is InChI=1S/C10H9ClF2O2/c1-5(4-8(14)15)6-2-3-7(12)10(13)9(6)11/h2-3,5H,4H2,1H3,(H,14,15). The van der Waals surface area contributed by atoms with Gasteiger partial charge in [0.15, 0.2) is 11.6 Å². The third-order valence-corrected chi connectivity index (χ3v) is 2.46. The third-order valence-electron chi connectivity index (χ3n) is 2.08. The first-order valence-corrected chi connectivity index (χ1v) is 4.66. The van der Waals surface area contributed by atoms with E-state index in [1.807, 2.05) is 0 Å². The number of carbonyl (C=O) groups is 1. The van der Waals surface area contributed by atoms with Crippen LogP contribution in [-0.4, -0.2) is 11.1 Å². The average molecular weight is 235 g/mol. The molecule has 0 fully saturated rings. The lowest BCUT2D eigenvalue weighted by molar-refractivity contribution is -0.137. The molecule has 1 N–H and O–H groups in total. The van der Waals surface area contributed by atoms with E-state index in [4.69, 9.17) is 16.7 Å². The number of aliphatic carboxylic acids is 1. The molecule has 82 valence electrons. The second kappa shape index (κ2) is 4.57. The predicted octanol–water partition coefficient (Wildman–Crippen LogP) is 3.20. The number of benzene rings is 1. The molecule has 0 aromatic heterocycles. The minimum Gasteiger partial charge on any atom is -0.481 e. The van der Waals surface area contributed by atoms with Gasteiger partial charge in [-0.1, -0.05) is 24.6 Å². The molecule has 5 heteroatoms. The molecule has 1 aromatic carbocycles. The van der Waals surface area contributed by atoms with Crippen LogP contribution in [0.1, 0.15) is 24.8 Å². The van der Waals surface area contributed by atoms with Gasteiger partial charge in [0.25, 0.3) is 0 Å². The van der Waals surface area contributed by atoms with E-state index in [1.54, 1.807) is 6.92 Å². The maximum absolute atomic E-state index is 13.0. The smallest absolute Gasteiger partial charge is 0.303 e. The minimum atomic E-state index is -1.13. The highest BCUT2D eigenvalue weighted by molar-refractivity contribution is 6.31. The van der Waals surface area contributed by atoms with Gasteiger partial charge in [-0.15, -0.1) is 0 Å². The number of rotatable bonds is 3. The van der Waals surface area contributed by atoms with Crippen LogP contribution in [0.5, 0.6) is 0 Å². The molecule has 0 aliphatic carbocycles. The Morgan fingerprint density at radius 1 is 1.53 bits per heavy atom. The first-order chi connectivity index (χ1) is 6.93. The van der Waals surface area contributed by atoms with Gasteiger partial charge in [0.1, 0.15) is 0 Å². The van der Waals surface area contributed by atoms with Crippen molar-refractivity contribution in [2.45, 2.75) is 19.3 Å². The Kier molecular flexibility index (Phi) is 3.63. The summed E-state index contributed by atoms with van der Waals surface area (Å²) in [4.78, 5) is 10.4. The van der Waals surface area contributed by atoms with E-state index in [0.717, 1.165) is 6.07 Å². The molecule has 0 aliphatic heterocycles. The van der Waals surface area contributed by atoms with E-state index >= 15 is 0 Å². The van der Waals surface area contributed by atoms with Crippen molar-refractivity contribution < 1.29 is 18.7 Å². The summed E-state index contributed by atoms with van der Waals surface area (Å²) in [6.07, 6.45) is -0.176. The van der Waals surface area contributed by atoms with Crippen LogP contribution in [0.15, 0.2) is 12.1 Å². The number of hydrogen-bond donors (Lipinski definition) is 1. The number of hydrogen-bond acceptors (Lipinski definition) is 1. The molecule has 0 bridgehead atoms. The van der Waals surface area contributed by atoms with Gasteiger partial charge < -0.3 is 5.11 Å². The van der Waals surface area contributed by atoms with Gasteiger partial charge in [-0.05, 0) is 17.5 Å². The van der Waals surface area contributed by atoms with E-state index in [0.29, 0.717) is 5.56 Å². The molecule has 0 saturated carbocycles. The molecule has 0 saturated heterocycles. The Bertz CT molecular complexity index is 393. The summed E-state index contributed by atoms with van der Waals surface area (Å²) >= 11 is 5.57. The molecule has 1 aromatic rings. The minimum absolute atomic E-state index is 0.176. The van der Waals surface area contributed by atoms with Crippen molar-refractivity contribution in [3.05, 3.63) is 34.4 Å². The average Bonchev–Trinajstić information content (AvgIpc) is 2.13. The summed E-state index contributed by atoms with van der Waals surface area (Å²) in [5.74, 6) is -3.63. The summed E-state index contributed by atoms with van der Waals surface area (Å²) in [5.41, 5.74) is 0.304. The summed E-state index contributed by atoms with van der Waals surface area (Å²) in [7, 11) is 0. The molecular weight excluding hydrogens is 226 g/mol. The Balaban J connectivity index is 3.05. The van der Waals surface area contributed by atoms with Crippen molar-refractivity contribution in [2.24, 2.45) is 0 Å². The van der Waals surface area contributed by atoms with Gasteiger partial charge >= 0.3 is 5.97 Å². The summed E-state index contributed by atoms with van der Waals surface area (Å²) in [6.45, 7) is 1.59. The molecule has 0 heterocycles. The van der Waals surface area contributed by atoms with E-state index in [1.165, 1.54) is 6.07 Å². The van der Waals surface area contributed by atoms with E-state index in [9.17, 15) is 13.6 Å². The Hall–Kier alpha value is -1.16. The molecule has 0 aliphatic rings. The molecule has 1 atom stereocenters. The van der Waals surface area contributed by atoms with Gasteiger partial charge in [0.2, 0.25) is 0 Å². The first kappa shape index (κ1) is 11.9. The molecule has 0 spiro atoms. The van der Waals surface area contributed by atoms with Crippen LogP contribution in [-0.2, 0) is 4.79 Å². The van der Waals surface area contributed by atoms with Gasteiger partial charge in [-0.25, -0.2) is 8.78 Å². The Labute approximate surface area is 90.5 Å². The molecule has 2 nitrogen and oxygen atoms in total. The van der Waals surface area contributed by atoms with Gasteiger partial charge in [-0.3, -0.25) is 4.79 Å². The molecule has 0 amide bonds. The monoisotopic (exact) mass is 234 g/mol. The largest absolute Gasteiger partial charge is 0.481 e. The lowest BCUT2D eigenvalue weighted by Crippen LogP contribution is -2.04. The Morgan fingerprint density at radius 2 is 2.13 bits per heavy atom. The van der Waals surface area contributed by atoms with Crippen molar-refractivity contribution in [1.82, 2.24) is 0 Å². The highest BCUT2D eigenvalue weighted by Gasteiger charge is 2.18. The van der Waals surface area contributed by atoms with Crippen LogP contribution < -0.4 is 0 Å².